The number of piperidine rings is 3. The van der Waals surface area contributed by atoms with Crippen LogP contribution in [-0.4, -0.2) is 72.1 Å². The summed E-state index contributed by atoms with van der Waals surface area (Å²) < 4.78 is 31.0. The molecule has 0 saturated carbocycles. The number of aryl methyl sites for hydroxylation is 1. The third-order valence-electron chi connectivity index (χ3n) is 10.7. The summed E-state index contributed by atoms with van der Waals surface area (Å²) in [5.74, 6) is 1.01. The first-order valence-electron chi connectivity index (χ1n) is 18.7. The topological polar surface area (TPSA) is 145 Å². The molecular weight excluding hydrogens is 771 g/mol. The highest BCUT2D eigenvalue weighted by atomic mass is 35.5. The molecule has 3 fully saturated rings. The van der Waals surface area contributed by atoms with Crippen LogP contribution in [0.2, 0.25) is 10.0 Å². The fourth-order valence-corrected chi connectivity index (χ4v) is 8.12. The van der Waals surface area contributed by atoms with Crippen LogP contribution >= 0.6 is 23.2 Å². The number of H-pyrrole nitrogens is 1. The minimum absolute atomic E-state index is 0. The number of methoxy groups -OCH3 is 2. The van der Waals surface area contributed by atoms with E-state index in [9.17, 15) is 9.59 Å². The van der Waals surface area contributed by atoms with E-state index in [2.05, 4.69) is 15.0 Å². The van der Waals surface area contributed by atoms with Crippen LogP contribution in [0.4, 0.5) is 0 Å². The van der Waals surface area contributed by atoms with Crippen LogP contribution in [-0.2, 0) is 34.3 Å². The number of aromatic amines is 1. The molecule has 3 aliphatic heterocycles. The molecule has 2 bridgehead atoms. The van der Waals surface area contributed by atoms with Crippen LogP contribution in [0.5, 0.6) is 17.2 Å². The molecule has 2 N–H and O–H groups in total. The van der Waals surface area contributed by atoms with E-state index >= 15 is 0 Å². The summed E-state index contributed by atoms with van der Waals surface area (Å²) in [7, 11) is 4.83. The fourth-order valence-electron chi connectivity index (χ4n) is 7.59. The summed E-state index contributed by atoms with van der Waals surface area (Å²) in [5, 5.41) is 5.26. The quantitative estimate of drug-likeness (QED) is 0.0990. The largest absolute Gasteiger partial charge is 0.870 e. The maximum atomic E-state index is 13.7. The lowest BCUT2D eigenvalue weighted by Gasteiger charge is -2.44. The Labute approximate surface area is 341 Å². The average Bonchev–Trinajstić information content (AvgIpc) is 3.60. The van der Waals surface area contributed by atoms with Crippen molar-refractivity contribution >= 4 is 35.1 Å². The molecule has 8 rings (SSSR count). The number of rotatable bonds is 15. The average molecular weight is 818 g/mol. The number of carbonyl (C=O) groups is 2. The molecule has 300 valence electrons. The number of halogens is 2. The zero-order valence-electron chi connectivity index (χ0n) is 32.0. The Balaban J connectivity index is 0.00000549. The lowest BCUT2D eigenvalue weighted by Crippen LogP contribution is -2.52. The first-order valence-corrected chi connectivity index (χ1v) is 19.4. The zero-order chi connectivity index (χ0) is 39.2. The molecule has 2 aromatic heterocycles. The fraction of sp³-hybridized carbons (Fsp3) is 0.349. The van der Waals surface area contributed by atoms with Crippen molar-refractivity contribution in [3.63, 3.8) is 0 Å². The van der Waals surface area contributed by atoms with Crippen molar-refractivity contribution in [2.75, 3.05) is 33.9 Å². The zero-order valence-corrected chi connectivity index (χ0v) is 33.5. The van der Waals surface area contributed by atoms with Crippen molar-refractivity contribution in [3.8, 4) is 17.2 Å². The number of esters is 2. The Morgan fingerprint density at radius 2 is 1.60 bits per heavy atom. The van der Waals surface area contributed by atoms with Gasteiger partial charge < -0.3 is 29.2 Å². The van der Waals surface area contributed by atoms with Crippen molar-refractivity contribution in [3.05, 3.63) is 135 Å². The number of nitrogens with one attached hydrogen (secondary N) is 1. The summed E-state index contributed by atoms with van der Waals surface area (Å²) in [6.07, 6.45) is 4.96. The summed E-state index contributed by atoms with van der Waals surface area (Å²) in [6, 6.07) is 24.7. The van der Waals surface area contributed by atoms with Crippen molar-refractivity contribution in [1.82, 2.24) is 14.7 Å². The van der Waals surface area contributed by atoms with Crippen LogP contribution in [0.25, 0.3) is 0 Å². The highest BCUT2D eigenvalue weighted by Crippen LogP contribution is 2.36. The second kappa shape index (κ2) is 18.9. The second-order valence-corrected chi connectivity index (χ2v) is 15.0. The standard InChI is InChI=1S/C43H44Cl2N4O7.H2O/c1-48-31(20-37(47-48)43(51)56-39(21-34-35(44)23-46-24-36(34)45)30-12-13-38(52-2)40(19-30)53-3)26-54-32-11-7-10-29(18-32)33(27-8-5-4-6-9-27)22-42(50)55-41-25-49-16-14-28(41)15-17-49;/h4-13,18-20,23-24,28,33,39,41H,14-17,21-22,25-26H2,1-3H3;1H2/t33-,39-,41-;/m0./s1. The van der Waals surface area contributed by atoms with Crippen molar-refractivity contribution in [2.24, 2.45) is 13.0 Å². The summed E-state index contributed by atoms with van der Waals surface area (Å²) in [6.45, 7) is 3.12. The molecule has 57 heavy (non-hydrogen) atoms. The van der Waals surface area contributed by atoms with Crippen molar-refractivity contribution in [2.45, 2.75) is 50.4 Å². The van der Waals surface area contributed by atoms with Gasteiger partial charge in [-0.25, -0.2) is 9.78 Å². The van der Waals surface area contributed by atoms with Gasteiger partial charge in [-0.1, -0.05) is 71.7 Å². The molecule has 0 spiro atoms. The number of aromatic nitrogens is 3. The van der Waals surface area contributed by atoms with Gasteiger partial charge in [-0.05, 0) is 78.9 Å². The monoisotopic (exact) mass is 816 g/mol. The van der Waals surface area contributed by atoms with Crippen LogP contribution in [0, 0.1) is 5.92 Å². The molecule has 0 amide bonds. The van der Waals surface area contributed by atoms with Crippen LogP contribution in [0.15, 0.2) is 91.3 Å². The number of fused-ring (bicyclic) bond motifs is 3. The van der Waals surface area contributed by atoms with Crippen LogP contribution < -0.4 is 19.2 Å². The normalized spacial score (nSPS) is 18.2. The Bertz CT molecular complexity index is 2140. The molecule has 3 atom stereocenters. The van der Waals surface area contributed by atoms with Crippen LogP contribution in [0.1, 0.15) is 69.7 Å². The van der Waals surface area contributed by atoms with Gasteiger partial charge in [0.25, 0.3) is 0 Å². The van der Waals surface area contributed by atoms with Gasteiger partial charge in [-0.15, -0.1) is 0 Å². The minimum atomic E-state index is -0.797. The van der Waals surface area contributed by atoms with Gasteiger partial charge in [-0.2, -0.15) is 5.10 Å². The van der Waals surface area contributed by atoms with E-state index in [0.29, 0.717) is 50.0 Å². The number of hydrogen-bond donors (Lipinski definition) is 0. The summed E-state index contributed by atoms with van der Waals surface area (Å²) in [4.78, 5) is 32.4. The Morgan fingerprint density at radius 3 is 2.28 bits per heavy atom. The number of carbonyl (C=O) groups excluding carboxylic acids is 2. The van der Waals surface area contributed by atoms with E-state index < -0.39 is 12.1 Å². The molecule has 3 aliphatic rings. The molecule has 5 heterocycles. The predicted molar refractivity (Wildman–Crippen MR) is 212 cm³/mol. The first-order chi connectivity index (χ1) is 27.2. The maximum Gasteiger partial charge on any atom is 0.359 e. The minimum Gasteiger partial charge on any atom is -0.870 e. The molecular formula is C43H46Cl2N4O8. The van der Waals surface area contributed by atoms with E-state index in [1.807, 2.05) is 54.6 Å². The van der Waals surface area contributed by atoms with Gasteiger partial charge in [0.15, 0.2) is 29.6 Å². The van der Waals surface area contributed by atoms with Crippen LogP contribution in [0.3, 0.4) is 0 Å². The molecule has 12 nitrogen and oxygen atoms in total. The number of benzene rings is 3. The molecule has 5 aromatic rings. The van der Waals surface area contributed by atoms with Gasteiger partial charge >= 0.3 is 11.9 Å². The molecule has 14 heteroatoms. The smallest absolute Gasteiger partial charge is 0.359 e. The van der Waals surface area contributed by atoms with Gasteiger partial charge in [0.05, 0.1) is 26.3 Å². The van der Waals surface area contributed by atoms with Crippen molar-refractivity contribution in [1.29, 1.82) is 0 Å². The highest BCUT2D eigenvalue weighted by molar-refractivity contribution is 6.35. The SMILES string of the molecule is COc1ccc([C@H](Cc2c(Cl)c[nH+]cc2Cl)OC(=O)c2cc(COc3cccc([C@@H](CC(=O)O[C@H]4CN5CCC4CC5)c4ccccc4)c3)n(C)n2)cc1OC.[OH-]. The van der Waals surface area contributed by atoms with Gasteiger partial charge in [0, 0.05) is 31.5 Å². The number of pyridine rings is 1. The molecule has 3 saturated heterocycles. The Kier molecular flexibility index (Phi) is 13.7. The Morgan fingerprint density at radius 1 is 0.877 bits per heavy atom. The van der Waals surface area contributed by atoms with E-state index in [1.165, 1.54) is 7.11 Å². The van der Waals surface area contributed by atoms with E-state index in [0.717, 1.165) is 43.6 Å². The lowest BCUT2D eigenvalue weighted by atomic mass is 9.85. The lowest BCUT2D eigenvalue weighted by molar-refractivity contribution is -0.377. The second-order valence-electron chi connectivity index (χ2n) is 14.2. The summed E-state index contributed by atoms with van der Waals surface area (Å²) >= 11 is 13.0. The van der Waals surface area contributed by atoms with Gasteiger partial charge in [0.1, 0.15) is 34.6 Å². The third-order valence-corrected chi connectivity index (χ3v) is 11.4. The van der Waals surface area contributed by atoms with E-state index in [1.54, 1.807) is 55.5 Å². The highest BCUT2D eigenvalue weighted by Gasteiger charge is 2.37. The predicted octanol–water partition coefficient (Wildman–Crippen LogP) is 7.26. The van der Waals surface area contributed by atoms with Gasteiger partial charge in [0.2, 0.25) is 0 Å². The summed E-state index contributed by atoms with van der Waals surface area (Å²) in [5.41, 5.74) is 3.97. The molecule has 0 radical (unpaired) electrons. The molecule has 3 aromatic carbocycles. The number of nitrogens with zero attached hydrogens (tertiary/aromatic N) is 3. The van der Waals surface area contributed by atoms with Gasteiger partial charge in [-0.3, -0.25) is 14.4 Å². The van der Waals surface area contributed by atoms with Crippen molar-refractivity contribution < 1.29 is 43.7 Å². The molecule has 0 unspecified atom stereocenters. The first kappa shape index (κ1) is 41.5. The molecule has 0 aliphatic carbocycles. The van der Waals surface area contributed by atoms with E-state index in [-0.39, 0.29) is 48.6 Å². The number of hydrogen-bond acceptors (Lipinski definition) is 10. The van der Waals surface area contributed by atoms with E-state index in [4.69, 9.17) is 46.9 Å². The number of ether oxygens (including phenoxy) is 5. The maximum absolute atomic E-state index is 13.7. The Hall–Kier alpha value is -5.14. The third kappa shape index (κ3) is 9.88.